The molecule has 0 N–H and O–H groups in total. The van der Waals surface area contributed by atoms with Gasteiger partial charge in [-0.1, -0.05) is 0 Å². The number of ether oxygens (including phenoxy) is 1. The molecular weight excluding hydrogens is 351 g/mol. The number of esters is 1. The first-order chi connectivity index (χ1) is 11.2. The predicted molar refractivity (Wildman–Crippen MR) is 96.6 cm³/mol. The van der Waals surface area contributed by atoms with Crippen LogP contribution in [0, 0.1) is 0 Å². The molecule has 0 saturated carbocycles. The third-order valence-electron chi connectivity index (χ3n) is 3.14. The molecule has 0 fully saturated rings. The second kappa shape index (κ2) is 9.14. The van der Waals surface area contributed by atoms with E-state index in [0.717, 1.165) is 15.6 Å². The van der Waals surface area contributed by atoms with E-state index in [1.807, 2.05) is 24.3 Å². The molecule has 0 atom stereocenters. The molecule has 0 unspecified atom stereocenters. The van der Waals surface area contributed by atoms with Gasteiger partial charge in [-0.05, 0) is 0 Å². The van der Waals surface area contributed by atoms with E-state index in [0.29, 0.717) is 13.0 Å². The zero-order valence-corrected chi connectivity index (χ0v) is 14.9. The van der Waals surface area contributed by atoms with E-state index < -0.39 is 0 Å². The van der Waals surface area contributed by atoms with Gasteiger partial charge in [0, 0.05) is 0 Å². The summed E-state index contributed by atoms with van der Waals surface area (Å²) in [6.45, 7) is 6.12. The molecule has 0 aliphatic heterocycles. The van der Waals surface area contributed by atoms with Crippen LogP contribution in [0.1, 0.15) is 18.9 Å². The maximum atomic E-state index is 10.9. The molecule has 0 aliphatic carbocycles. The molecule has 0 heterocycles. The Morgan fingerprint density at radius 1 is 1.09 bits per heavy atom. The molecule has 2 rings (SSSR count). The van der Waals surface area contributed by atoms with Crippen molar-refractivity contribution in [3.05, 3.63) is 83.4 Å². The van der Waals surface area contributed by atoms with Crippen molar-refractivity contribution in [1.82, 2.24) is 0 Å². The summed E-state index contributed by atoms with van der Waals surface area (Å²) in [4.78, 5) is 10.9. The van der Waals surface area contributed by atoms with Crippen molar-refractivity contribution in [1.29, 1.82) is 0 Å². The van der Waals surface area contributed by atoms with Gasteiger partial charge < -0.3 is 0 Å². The van der Waals surface area contributed by atoms with Gasteiger partial charge in [-0.25, -0.2) is 0 Å². The molecule has 0 saturated heterocycles. The molecule has 3 heteroatoms. The van der Waals surface area contributed by atoms with Gasteiger partial charge in [0.15, 0.2) is 0 Å². The molecule has 0 bridgehead atoms. The minimum absolute atomic E-state index is 0.171. The number of carbonyl (C=O) groups excluding carboxylic acids is 1. The Morgan fingerprint density at radius 3 is 2.30 bits per heavy atom. The third-order valence-corrected chi connectivity index (χ3v) is 5.18. The summed E-state index contributed by atoms with van der Waals surface area (Å²) in [7, 11) is 0. The Labute approximate surface area is 144 Å². The fourth-order valence-electron chi connectivity index (χ4n) is 2.10. The van der Waals surface area contributed by atoms with E-state index in [4.69, 9.17) is 4.74 Å². The van der Waals surface area contributed by atoms with Crippen LogP contribution < -0.4 is 4.46 Å². The van der Waals surface area contributed by atoms with Crippen molar-refractivity contribution >= 4 is 31.0 Å². The molecule has 23 heavy (non-hydrogen) atoms. The monoisotopic (exact) mass is 372 g/mol. The number of carbonyl (C=O) groups is 1. The SMILES string of the molecule is C=C([Se]c1ccccc1)/C(=C/CCOC(C)=O)c1ccccc1. The van der Waals surface area contributed by atoms with Crippen molar-refractivity contribution in [3.8, 4) is 0 Å². The van der Waals surface area contributed by atoms with E-state index in [1.54, 1.807) is 0 Å². The molecule has 2 aromatic carbocycles. The van der Waals surface area contributed by atoms with Gasteiger partial charge in [0.05, 0.1) is 0 Å². The van der Waals surface area contributed by atoms with Crippen LogP contribution in [-0.4, -0.2) is 27.5 Å². The van der Waals surface area contributed by atoms with Gasteiger partial charge in [-0.15, -0.1) is 0 Å². The zero-order chi connectivity index (χ0) is 16.5. The predicted octanol–water partition coefficient (Wildman–Crippen LogP) is 3.57. The number of hydrogen-bond acceptors (Lipinski definition) is 2. The van der Waals surface area contributed by atoms with Crippen LogP contribution in [0.15, 0.2) is 77.8 Å². The number of allylic oxidation sites excluding steroid dienone is 2. The Kier molecular flexibility index (Phi) is 6.86. The fourth-order valence-corrected chi connectivity index (χ4v) is 3.97. The van der Waals surface area contributed by atoms with Gasteiger partial charge in [0.1, 0.15) is 0 Å². The quantitative estimate of drug-likeness (QED) is 0.322. The number of benzene rings is 2. The summed E-state index contributed by atoms with van der Waals surface area (Å²) >= 11 is 0.171. The maximum absolute atomic E-state index is 10.9. The molecule has 0 aliphatic rings. The summed E-state index contributed by atoms with van der Waals surface area (Å²) in [5, 5.41) is 0. The van der Waals surface area contributed by atoms with Gasteiger partial charge >= 0.3 is 144 Å². The second-order valence-corrected chi connectivity index (χ2v) is 7.40. The van der Waals surface area contributed by atoms with Gasteiger partial charge in [-0.2, -0.15) is 0 Å². The van der Waals surface area contributed by atoms with Crippen LogP contribution in [0.25, 0.3) is 5.57 Å². The topological polar surface area (TPSA) is 26.3 Å². The molecule has 0 spiro atoms. The molecule has 2 aromatic rings. The Hall–Kier alpha value is -2.09. The molecule has 0 aromatic heterocycles. The molecule has 2 nitrogen and oxygen atoms in total. The standard InChI is InChI=1S/C20H20O2Se/c1-16(23-19-12-7-4-8-13-19)20(14-9-15-22-17(2)21)18-10-5-3-6-11-18/h3-8,10-14H,1,9,15H2,2H3/b20-14-. The zero-order valence-electron chi connectivity index (χ0n) is 13.2. The van der Waals surface area contributed by atoms with Crippen LogP contribution in [0.2, 0.25) is 0 Å². The van der Waals surface area contributed by atoms with Crippen molar-refractivity contribution in [3.63, 3.8) is 0 Å². The van der Waals surface area contributed by atoms with Gasteiger partial charge in [0.2, 0.25) is 0 Å². The average molecular weight is 371 g/mol. The Morgan fingerprint density at radius 2 is 1.70 bits per heavy atom. The third kappa shape index (κ3) is 5.90. The average Bonchev–Trinajstić information content (AvgIpc) is 2.56. The van der Waals surface area contributed by atoms with Crippen molar-refractivity contribution in [2.24, 2.45) is 0 Å². The molecule has 118 valence electrons. The van der Waals surface area contributed by atoms with E-state index >= 15 is 0 Å². The van der Waals surface area contributed by atoms with Gasteiger partial charge in [0.25, 0.3) is 0 Å². The summed E-state index contributed by atoms with van der Waals surface area (Å²) in [5.41, 5.74) is 2.29. The molecular formula is C20H20O2Se. The van der Waals surface area contributed by atoms with Crippen molar-refractivity contribution in [2.75, 3.05) is 6.61 Å². The molecule has 0 radical (unpaired) electrons. The van der Waals surface area contributed by atoms with E-state index in [9.17, 15) is 4.79 Å². The normalized spacial score (nSPS) is 11.1. The van der Waals surface area contributed by atoms with Crippen molar-refractivity contribution < 1.29 is 9.53 Å². The summed E-state index contributed by atoms with van der Waals surface area (Å²) < 4.78 is 7.44. The number of rotatable bonds is 7. The Balaban J connectivity index is 2.14. The Bertz CT molecular complexity index is 675. The molecule has 0 amide bonds. The van der Waals surface area contributed by atoms with Crippen LogP contribution in [0.4, 0.5) is 0 Å². The van der Waals surface area contributed by atoms with Gasteiger partial charge in [-0.3, -0.25) is 0 Å². The van der Waals surface area contributed by atoms with E-state index in [1.165, 1.54) is 11.4 Å². The van der Waals surface area contributed by atoms with Crippen LogP contribution in [-0.2, 0) is 9.53 Å². The summed E-state index contributed by atoms with van der Waals surface area (Å²) in [6.07, 6.45) is 2.80. The van der Waals surface area contributed by atoms with E-state index in [2.05, 4.69) is 49.1 Å². The van der Waals surface area contributed by atoms with Crippen LogP contribution in [0.5, 0.6) is 0 Å². The fraction of sp³-hybridized carbons (Fsp3) is 0.150. The summed E-state index contributed by atoms with van der Waals surface area (Å²) in [6, 6.07) is 20.6. The first kappa shape index (κ1) is 17.3. The first-order valence-corrected chi connectivity index (χ1v) is 9.19. The second-order valence-electron chi connectivity index (χ2n) is 4.95. The van der Waals surface area contributed by atoms with E-state index in [-0.39, 0.29) is 20.9 Å². The minimum atomic E-state index is -0.244. The first-order valence-electron chi connectivity index (χ1n) is 7.48. The summed E-state index contributed by atoms with van der Waals surface area (Å²) in [5.74, 6) is -0.244. The van der Waals surface area contributed by atoms with Crippen LogP contribution in [0.3, 0.4) is 0 Å². The number of hydrogen-bond donors (Lipinski definition) is 0. The van der Waals surface area contributed by atoms with Crippen molar-refractivity contribution in [2.45, 2.75) is 13.3 Å². The van der Waals surface area contributed by atoms with Crippen LogP contribution >= 0.6 is 0 Å².